The Kier molecular flexibility index (Phi) is 4.11. The number of likely N-dealkylation sites (N-methyl/N-ethyl adjacent to an activating group) is 1. The lowest BCUT2D eigenvalue weighted by Crippen LogP contribution is -2.42. The Hall–Kier alpha value is -0.610. The first kappa shape index (κ1) is 12.5. The van der Waals surface area contributed by atoms with Crippen molar-refractivity contribution < 1.29 is 4.79 Å². The zero-order valence-electron chi connectivity index (χ0n) is 10.2. The van der Waals surface area contributed by atoms with Crippen molar-refractivity contribution in [2.45, 2.75) is 32.4 Å². The highest BCUT2D eigenvalue weighted by Gasteiger charge is 2.30. The van der Waals surface area contributed by atoms with Crippen LogP contribution in [0.3, 0.4) is 0 Å². The topological polar surface area (TPSA) is 49.6 Å². The minimum atomic E-state index is -0.0640. The normalized spacial score (nSPS) is 25.7. The molecule has 88 valence electrons. The van der Waals surface area contributed by atoms with Crippen LogP contribution in [0.25, 0.3) is 0 Å². The molecular weight excluding hydrogens is 190 g/mol. The van der Waals surface area contributed by atoms with Crippen LogP contribution in [0, 0.1) is 5.92 Å². The first-order chi connectivity index (χ1) is 6.93. The van der Waals surface area contributed by atoms with Crippen molar-refractivity contribution in [3.63, 3.8) is 0 Å². The van der Waals surface area contributed by atoms with Crippen LogP contribution >= 0.6 is 0 Å². The highest BCUT2D eigenvalue weighted by Crippen LogP contribution is 2.16. The van der Waals surface area contributed by atoms with Gasteiger partial charge in [0.05, 0.1) is 5.92 Å². The molecule has 3 atom stereocenters. The molecule has 1 saturated heterocycles. The Morgan fingerprint density at radius 1 is 1.47 bits per heavy atom. The van der Waals surface area contributed by atoms with E-state index in [4.69, 9.17) is 5.73 Å². The third-order valence-corrected chi connectivity index (χ3v) is 3.38. The molecule has 4 nitrogen and oxygen atoms in total. The van der Waals surface area contributed by atoms with Gasteiger partial charge >= 0.3 is 0 Å². The van der Waals surface area contributed by atoms with E-state index in [-0.39, 0.29) is 17.9 Å². The average molecular weight is 213 g/mol. The lowest BCUT2D eigenvalue weighted by molar-refractivity contribution is -0.134. The minimum Gasteiger partial charge on any atom is -0.341 e. The van der Waals surface area contributed by atoms with E-state index in [1.54, 1.807) is 0 Å². The van der Waals surface area contributed by atoms with Crippen LogP contribution in [-0.2, 0) is 4.79 Å². The van der Waals surface area contributed by atoms with Gasteiger partial charge in [-0.3, -0.25) is 4.79 Å². The van der Waals surface area contributed by atoms with Crippen LogP contribution in [0.15, 0.2) is 0 Å². The van der Waals surface area contributed by atoms with Gasteiger partial charge in [-0.05, 0) is 27.4 Å². The smallest absolute Gasteiger partial charge is 0.227 e. The van der Waals surface area contributed by atoms with Gasteiger partial charge in [0.1, 0.15) is 0 Å². The minimum absolute atomic E-state index is 0.0593. The van der Waals surface area contributed by atoms with Crippen LogP contribution in [0.2, 0.25) is 0 Å². The predicted molar refractivity (Wildman–Crippen MR) is 61.5 cm³/mol. The third-order valence-electron chi connectivity index (χ3n) is 3.38. The summed E-state index contributed by atoms with van der Waals surface area (Å²) < 4.78 is 0. The number of rotatable bonds is 3. The molecule has 0 saturated carbocycles. The van der Waals surface area contributed by atoms with Crippen LogP contribution in [0.5, 0.6) is 0 Å². The largest absolute Gasteiger partial charge is 0.341 e. The van der Waals surface area contributed by atoms with E-state index in [2.05, 4.69) is 19.0 Å². The van der Waals surface area contributed by atoms with Crippen molar-refractivity contribution in [1.29, 1.82) is 0 Å². The van der Waals surface area contributed by atoms with E-state index in [0.29, 0.717) is 6.04 Å². The molecule has 0 aliphatic carbocycles. The van der Waals surface area contributed by atoms with Crippen molar-refractivity contribution in [2.24, 2.45) is 11.7 Å². The van der Waals surface area contributed by atoms with Crippen molar-refractivity contribution in [2.75, 3.05) is 27.2 Å². The molecule has 0 aromatic carbocycles. The number of hydrogen-bond acceptors (Lipinski definition) is 3. The fourth-order valence-electron chi connectivity index (χ4n) is 1.88. The van der Waals surface area contributed by atoms with Crippen molar-refractivity contribution in [3.8, 4) is 0 Å². The maximum atomic E-state index is 12.0. The summed E-state index contributed by atoms with van der Waals surface area (Å²) in [6.07, 6.45) is 1.07. The van der Waals surface area contributed by atoms with Gasteiger partial charge in [-0.25, -0.2) is 0 Å². The molecule has 0 aromatic heterocycles. The van der Waals surface area contributed by atoms with E-state index in [0.717, 1.165) is 19.5 Å². The van der Waals surface area contributed by atoms with E-state index >= 15 is 0 Å². The summed E-state index contributed by atoms with van der Waals surface area (Å²) >= 11 is 0. The molecule has 1 aliphatic heterocycles. The number of hydrogen-bond donors (Lipinski definition) is 1. The van der Waals surface area contributed by atoms with Gasteiger partial charge in [-0.15, -0.1) is 0 Å². The van der Waals surface area contributed by atoms with Gasteiger partial charge in [0, 0.05) is 25.2 Å². The van der Waals surface area contributed by atoms with Gasteiger partial charge in [-0.1, -0.05) is 6.92 Å². The van der Waals surface area contributed by atoms with Gasteiger partial charge in [0.15, 0.2) is 0 Å². The first-order valence-corrected chi connectivity index (χ1v) is 5.64. The molecule has 15 heavy (non-hydrogen) atoms. The number of likely N-dealkylation sites (tertiary alicyclic amines) is 1. The standard InChI is InChI=1S/C11H23N3O/c1-8(9(2)12)11(15)14-6-5-10(7-14)13(3)4/h8-10H,5-7,12H2,1-4H3. The van der Waals surface area contributed by atoms with Crippen LogP contribution in [0.1, 0.15) is 20.3 Å². The number of carbonyl (C=O) groups excluding carboxylic acids is 1. The summed E-state index contributed by atoms with van der Waals surface area (Å²) in [5.41, 5.74) is 5.74. The second-order valence-electron chi connectivity index (χ2n) is 4.84. The number of nitrogens with zero attached hydrogens (tertiary/aromatic N) is 2. The van der Waals surface area contributed by atoms with Gasteiger partial charge in [-0.2, -0.15) is 0 Å². The molecule has 0 radical (unpaired) electrons. The summed E-state index contributed by atoms with van der Waals surface area (Å²) in [6.45, 7) is 5.53. The molecule has 0 spiro atoms. The summed E-state index contributed by atoms with van der Waals surface area (Å²) in [4.78, 5) is 16.1. The summed E-state index contributed by atoms with van der Waals surface area (Å²) in [5, 5.41) is 0. The molecule has 3 unspecified atom stereocenters. The monoisotopic (exact) mass is 213 g/mol. The number of nitrogens with two attached hydrogens (primary N) is 1. The second-order valence-corrected chi connectivity index (χ2v) is 4.84. The summed E-state index contributed by atoms with van der Waals surface area (Å²) in [7, 11) is 4.13. The van der Waals surface area contributed by atoms with Crippen molar-refractivity contribution in [3.05, 3.63) is 0 Å². The van der Waals surface area contributed by atoms with Crippen molar-refractivity contribution >= 4 is 5.91 Å². The molecular formula is C11H23N3O. The molecule has 2 N–H and O–H groups in total. The molecule has 1 rings (SSSR count). The van der Waals surface area contributed by atoms with E-state index in [9.17, 15) is 4.79 Å². The zero-order chi connectivity index (χ0) is 11.6. The third kappa shape index (κ3) is 2.92. The highest BCUT2D eigenvalue weighted by molar-refractivity contribution is 5.79. The van der Waals surface area contributed by atoms with Crippen LogP contribution in [-0.4, -0.2) is 55.0 Å². The van der Waals surface area contributed by atoms with Gasteiger partial charge in [0.2, 0.25) is 5.91 Å². The second kappa shape index (κ2) is 4.94. The SMILES string of the molecule is CC(N)C(C)C(=O)N1CCC(N(C)C)C1. The molecule has 1 aliphatic rings. The Labute approximate surface area is 92.4 Å². The molecule has 0 bridgehead atoms. The molecule has 1 heterocycles. The lowest BCUT2D eigenvalue weighted by atomic mass is 10.0. The first-order valence-electron chi connectivity index (χ1n) is 5.64. The van der Waals surface area contributed by atoms with Crippen LogP contribution < -0.4 is 5.73 Å². The maximum absolute atomic E-state index is 12.0. The van der Waals surface area contributed by atoms with E-state index in [1.807, 2.05) is 18.7 Å². The molecule has 4 heteroatoms. The van der Waals surface area contributed by atoms with E-state index in [1.165, 1.54) is 0 Å². The fraction of sp³-hybridized carbons (Fsp3) is 0.909. The van der Waals surface area contributed by atoms with Gasteiger partial charge in [0.25, 0.3) is 0 Å². The van der Waals surface area contributed by atoms with Gasteiger partial charge < -0.3 is 15.5 Å². The molecule has 0 aromatic rings. The summed E-state index contributed by atoms with van der Waals surface area (Å²) in [5.74, 6) is 0.139. The average Bonchev–Trinajstić information content (AvgIpc) is 2.64. The molecule has 1 fully saturated rings. The van der Waals surface area contributed by atoms with Crippen LogP contribution in [0.4, 0.5) is 0 Å². The predicted octanol–water partition coefficient (Wildman–Crippen LogP) is 0.132. The highest BCUT2D eigenvalue weighted by atomic mass is 16.2. The Morgan fingerprint density at radius 2 is 2.07 bits per heavy atom. The Bertz CT molecular complexity index is 228. The molecule has 1 amide bonds. The lowest BCUT2D eigenvalue weighted by Gasteiger charge is -2.24. The summed E-state index contributed by atoms with van der Waals surface area (Å²) in [6, 6.07) is 0.449. The fourth-order valence-corrected chi connectivity index (χ4v) is 1.88. The quantitative estimate of drug-likeness (QED) is 0.725. The number of amides is 1. The number of carbonyl (C=O) groups is 1. The van der Waals surface area contributed by atoms with E-state index < -0.39 is 0 Å². The zero-order valence-corrected chi connectivity index (χ0v) is 10.2. The Morgan fingerprint density at radius 3 is 2.47 bits per heavy atom. The Balaban J connectivity index is 2.50. The van der Waals surface area contributed by atoms with Crippen molar-refractivity contribution in [1.82, 2.24) is 9.80 Å². The maximum Gasteiger partial charge on any atom is 0.227 e.